The van der Waals surface area contributed by atoms with Crippen molar-refractivity contribution in [3.8, 4) is 11.3 Å². The molecule has 2 aromatic carbocycles. The first kappa shape index (κ1) is 16.7. The molecule has 0 fully saturated rings. The normalized spacial score (nSPS) is 11.1. The van der Waals surface area contributed by atoms with Gasteiger partial charge >= 0.3 is 0 Å². The van der Waals surface area contributed by atoms with Crippen LogP contribution in [0.2, 0.25) is 0 Å². The Kier molecular flexibility index (Phi) is 5.63. The number of aryl methyl sites for hydroxylation is 2. The Labute approximate surface area is 145 Å². The van der Waals surface area contributed by atoms with Gasteiger partial charge in [-0.05, 0) is 59.9 Å². The Morgan fingerprint density at radius 1 is 0.875 bits per heavy atom. The molecule has 0 spiro atoms. The zero-order valence-electron chi connectivity index (χ0n) is 14.9. The Balaban J connectivity index is 1.77. The van der Waals surface area contributed by atoms with E-state index in [9.17, 15) is 0 Å². The number of rotatable bonds is 7. The van der Waals surface area contributed by atoms with Crippen LogP contribution in [0.3, 0.4) is 0 Å². The molecule has 1 heterocycles. The first-order valence-corrected chi connectivity index (χ1v) is 9.22. The molecule has 0 saturated heterocycles. The molecule has 0 aliphatic heterocycles. The minimum atomic E-state index is 1.09. The summed E-state index contributed by atoms with van der Waals surface area (Å²) in [5.74, 6) is 0. The van der Waals surface area contributed by atoms with Gasteiger partial charge in [0.15, 0.2) is 0 Å². The van der Waals surface area contributed by atoms with Crippen molar-refractivity contribution in [3.05, 3.63) is 65.9 Å². The maximum Gasteiger partial charge on any atom is 0.0704 e. The summed E-state index contributed by atoms with van der Waals surface area (Å²) in [7, 11) is 0. The zero-order chi connectivity index (χ0) is 16.8. The second-order valence-corrected chi connectivity index (χ2v) is 6.72. The van der Waals surface area contributed by atoms with Crippen molar-refractivity contribution in [1.82, 2.24) is 4.98 Å². The predicted octanol–water partition coefficient (Wildman–Crippen LogP) is 6.72. The molecule has 0 atom stereocenters. The summed E-state index contributed by atoms with van der Waals surface area (Å²) in [4.78, 5) is 4.60. The molecule has 1 heteroatoms. The fraction of sp³-hybridized carbons (Fsp3) is 0.348. The first-order chi connectivity index (χ1) is 11.8. The van der Waals surface area contributed by atoms with Crippen molar-refractivity contribution in [1.29, 1.82) is 0 Å². The van der Waals surface area contributed by atoms with Crippen molar-refractivity contribution in [2.75, 3.05) is 0 Å². The summed E-state index contributed by atoms with van der Waals surface area (Å²) in [6, 6.07) is 17.6. The molecule has 3 rings (SSSR count). The van der Waals surface area contributed by atoms with Crippen LogP contribution >= 0.6 is 0 Å². The van der Waals surface area contributed by atoms with E-state index in [0.29, 0.717) is 0 Å². The monoisotopic (exact) mass is 317 g/mol. The molecule has 0 bridgehead atoms. The summed E-state index contributed by atoms with van der Waals surface area (Å²) in [6.07, 6.45) is 9.75. The number of hydrogen-bond donors (Lipinski definition) is 0. The maximum atomic E-state index is 4.60. The molecule has 3 aromatic rings. The van der Waals surface area contributed by atoms with E-state index in [2.05, 4.69) is 67.4 Å². The van der Waals surface area contributed by atoms with Crippen LogP contribution in [0.5, 0.6) is 0 Å². The maximum absolute atomic E-state index is 4.60. The largest absolute Gasteiger partial charge is 0.256 e. The molecule has 0 amide bonds. The SMILES string of the molecule is CCCCCCCc1ccnc(-c2ccc3cccc(C)c3c2)c1. The summed E-state index contributed by atoms with van der Waals surface area (Å²) >= 11 is 0. The minimum Gasteiger partial charge on any atom is -0.256 e. The van der Waals surface area contributed by atoms with E-state index in [4.69, 9.17) is 0 Å². The molecule has 0 saturated carbocycles. The van der Waals surface area contributed by atoms with Crippen LogP contribution < -0.4 is 0 Å². The number of unbranched alkanes of at least 4 members (excludes halogenated alkanes) is 4. The third-order valence-corrected chi connectivity index (χ3v) is 4.79. The van der Waals surface area contributed by atoms with E-state index < -0.39 is 0 Å². The van der Waals surface area contributed by atoms with E-state index in [0.717, 1.165) is 12.1 Å². The summed E-state index contributed by atoms with van der Waals surface area (Å²) < 4.78 is 0. The predicted molar refractivity (Wildman–Crippen MR) is 104 cm³/mol. The van der Waals surface area contributed by atoms with Gasteiger partial charge in [0.05, 0.1) is 5.69 Å². The molecule has 0 aliphatic rings. The van der Waals surface area contributed by atoms with Gasteiger partial charge in [-0.2, -0.15) is 0 Å². The molecule has 1 nitrogen and oxygen atoms in total. The second-order valence-electron chi connectivity index (χ2n) is 6.72. The molecule has 0 radical (unpaired) electrons. The molecule has 0 aliphatic carbocycles. The fourth-order valence-corrected chi connectivity index (χ4v) is 3.31. The lowest BCUT2D eigenvalue weighted by Gasteiger charge is -2.08. The highest BCUT2D eigenvalue weighted by Gasteiger charge is 2.04. The van der Waals surface area contributed by atoms with Crippen molar-refractivity contribution in [3.63, 3.8) is 0 Å². The average Bonchev–Trinajstić information content (AvgIpc) is 2.62. The molecule has 124 valence electrons. The van der Waals surface area contributed by atoms with Crippen LogP contribution in [-0.2, 0) is 6.42 Å². The number of pyridine rings is 1. The molecular formula is C23H27N. The van der Waals surface area contributed by atoms with Crippen molar-refractivity contribution in [2.24, 2.45) is 0 Å². The highest BCUT2D eigenvalue weighted by molar-refractivity contribution is 5.89. The van der Waals surface area contributed by atoms with Gasteiger partial charge in [0, 0.05) is 11.8 Å². The number of fused-ring (bicyclic) bond motifs is 1. The Bertz CT molecular complexity index is 804. The van der Waals surface area contributed by atoms with Gasteiger partial charge in [-0.3, -0.25) is 4.98 Å². The Morgan fingerprint density at radius 3 is 2.62 bits per heavy atom. The number of aromatic nitrogens is 1. The Hall–Kier alpha value is -2.15. The molecule has 0 unspecified atom stereocenters. The van der Waals surface area contributed by atoms with Crippen LogP contribution in [0.1, 0.15) is 50.2 Å². The van der Waals surface area contributed by atoms with Gasteiger partial charge < -0.3 is 0 Å². The van der Waals surface area contributed by atoms with Gasteiger partial charge in [-0.25, -0.2) is 0 Å². The second kappa shape index (κ2) is 8.10. The van der Waals surface area contributed by atoms with E-state index in [-0.39, 0.29) is 0 Å². The lowest BCUT2D eigenvalue weighted by molar-refractivity contribution is 0.632. The standard InChI is InChI=1S/C23H27N/c1-3-4-5-6-7-10-19-14-15-24-23(16-19)21-13-12-20-11-8-9-18(2)22(20)17-21/h8-9,11-17H,3-7,10H2,1-2H3. The van der Waals surface area contributed by atoms with Gasteiger partial charge in [0.1, 0.15) is 0 Å². The zero-order valence-corrected chi connectivity index (χ0v) is 14.9. The summed E-state index contributed by atoms with van der Waals surface area (Å²) in [6.45, 7) is 4.44. The van der Waals surface area contributed by atoms with Gasteiger partial charge in [-0.1, -0.05) is 62.9 Å². The van der Waals surface area contributed by atoms with Crippen LogP contribution in [0, 0.1) is 6.92 Å². The number of benzene rings is 2. The smallest absolute Gasteiger partial charge is 0.0704 e. The topological polar surface area (TPSA) is 12.9 Å². The number of nitrogens with zero attached hydrogens (tertiary/aromatic N) is 1. The third-order valence-electron chi connectivity index (χ3n) is 4.79. The van der Waals surface area contributed by atoms with Gasteiger partial charge in [-0.15, -0.1) is 0 Å². The molecule has 24 heavy (non-hydrogen) atoms. The van der Waals surface area contributed by atoms with Gasteiger partial charge in [0.25, 0.3) is 0 Å². The van der Waals surface area contributed by atoms with Crippen molar-refractivity contribution in [2.45, 2.75) is 52.4 Å². The van der Waals surface area contributed by atoms with Crippen LogP contribution in [0.4, 0.5) is 0 Å². The lowest BCUT2D eigenvalue weighted by Crippen LogP contribution is -1.90. The first-order valence-electron chi connectivity index (χ1n) is 9.22. The van der Waals surface area contributed by atoms with Crippen LogP contribution in [0.25, 0.3) is 22.0 Å². The average molecular weight is 317 g/mol. The van der Waals surface area contributed by atoms with Crippen molar-refractivity contribution >= 4 is 10.8 Å². The van der Waals surface area contributed by atoms with Crippen LogP contribution in [-0.4, -0.2) is 4.98 Å². The quantitative estimate of drug-likeness (QED) is 0.441. The number of hydrogen-bond acceptors (Lipinski definition) is 1. The summed E-state index contributed by atoms with van der Waals surface area (Å²) in [5, 5.41) is 2.62. The highest BCUT2D eigenvalue weighted by Crippen LogP contribution is 2.26. The third kappa shape index (κ3) is 4.03. The van der Waals surface area contributed by atoms with E-state index >= 15 is 0 Å². The lowest BCUT2D eigenvalue weighted by atomic mass is 9.99. The van der Waals surface area contributed by atoms with Crippen LogP contribution in [0.15, 0.2) is 54.7 Å². The Morgan fingerprint density at radius 2 is 1.75 bits per heavy atom. The van der Waals surface area contributed by atoms with Crippen molar-refractivity contribution < 1.29 is 0 Å². The molecular weight excluding hydrogens is 290 g/mol. The fourth-order valence-electron chi connectivity index (χ4n) is 3.31. The molecule has 0 N–H and O–H groups in total. The van der Waals surface area contributed by atoms with Gasteiger partial charge in [0.2, 0.25) is 0 Å². The highest BCUT2D eigenvalue weighted by atomic mass is 14.7. The van der Waals surface area contributed by atoms with E-state index in [1.54, 1.807) is 0 Å². The van der Waals surface area contributed by atoms with E-state index in [1.807, 2.05) is 6.20 Å². The van der Waals surface area contributed by atoms with E-state index in [1.165, 1.54) is 59.6 Å². The minimum absolute atomic E-state index is 1.09. The summed E-state index contributed by atoms with van der Waals surface area (Å²) in [5.41, 5.74) is 5.03. The molecule has 1 aromatic heterocycles.